The molecule has 2 aromatic rings. The molecule has 0 atom stereocenters. The normalized spacial score (nSPS) is 14.5. The lowest BCUT2D eigenvalue weighted by Gasteiger charge is -2.31. The molecular weight excluding hydrogens is 436 g/mol. The van der Waals surface area contributed by atoms with Crippen molar-refractivity contribution in [1.29, 1.82) is 0 Å². The number of hydrogen-bond donors (Lipinski definition) is 1. The van der Waals surface area contributed by atoms with Gasteiger partial charge in [-0.2, -0.15) is 0 Å². The fourth-order valence-electron chi connectivity index (χ4n) is 3.46. The van der Waals surface area contributed by atoms with Crippen molar-refractivity contribution in [3.63, 3.8) is 0 Å². The zero-order valence-electron chi connectivity index (χ0n) is 16.0. The minimum absolute atomic E-state index is 0.124. The summed E-state index contributed by atoms with van der Waals surface area (Å²) < 4.78 is 0.907. The Kier molecular flexibility index (Phi) is 7.57. The van der Waals surface area contributed by atoms with Crippen LogP contribution in [0.4, 0.5) is 5.69 Å². The molecule has 1 N–H and O–H groups in total. The van der Waals surface area contributed by atoms with E-state index in [0.29, 0.717) is 17.4 Å². The summed E-state index contributed by atoms with van der Waals surface area (Å²) in [5.74, 6) is 0.294. The number of amides is 2. The molecule has 28 heavy (non-hydrogen) atoms. The van der Waals surface area contributed by atoms with Crippen LogP contribution in [-0.4, -0.2) is 35.6 Å². The van der Waals surface area contributed by atoms with Crippen LogP contribution in [0, 0.1) is 0 Å². The van der Waals surface area contributed by atoms with Crippen molar-refractivity contribution in [2.45, 2.75) is 43.0 Å². The van der Waals surface area contributed by atoms with E-state index in [1.54, 1.807) is 6.07 Å². The molecule has 1 fully saturated rings. The second-order valence-corrected chi connectivity index (χ2v) is 8.98. The predicted molar refractivity (Wildman–Crippen MR) is 119 cm³/mol. The molecule has 0 radical (unpaired) electrons. The van der Waals surface area contributed by atoms with Crippen LogP contribution in [-0.2, 0) is 4.79 Å². The van der Waals surface area contributed by atoms with E-state index >= 15 is 0 Å². The number of anilines is 1. The third-order valence-electron chi connectivity index (χ3n) is 5.08. The Labute approximate surface area is 179 Å². The number of halogens is 1. The topological polar surface area (TPSA) is 49.4 Å². The Bertz CT molecular complexity index is 837. The van der Waals surface area contributed by atoms with Gasteiger partial charge in [0.05, 0.1) is 11.3 Å². The first-order valence-electron chi connectivity index (χ1n) is 9.59. The summed E-state index contributed by atoms with van der Waals surface area (Å²) >= 11 is 4.84. The smallest absolute Gasteiger partial charge is 0.256 e. The zero-order valence-corrected chi connectivity index (χ0v) is 18.4. The van der Waals surface area contributed by atoms with Crippen LogP contribution >= 0.6 is 27.7 Å². The van der Waals surface area contributed by atoms with Crippen molar-refractivity contribution in [2.75, 3.05) is 18.1 Å². The van der Waals surface area contributed by atoms with E-state index in [0.717, 1.165) is 27.9 Å². The highest BCUT2D eigenvalue weighted by Crippen LogP contribution is 2.26. The summed E-state index contributed by atoms with van der Waals surface area (Å²) in [6.45, 7) is 0. The molecule has 3 rings (SSSR count). The molecule has 6 heteroatoms. The second kappa shape index (κ2) is 10.1. The van der Waals surface area contributed by atoms with Crippen LogP contribution in [0.15, 0.2) is 57.9 Å². The maximum absolute atomic E-state index is 12.7. The quantitative estimate of drug-likeness (QED) is 0.571. The molecule has 0 heterocycles. The molecule has 4 nitrogen and oxygen atoms in total. The van der Waals surface area contributed by atoms with Gasteiger partial charge in [0.15, 0.2) is 0 Å². The van der Waals surface area contributed by atoms with Crippen molar-refractivity contribution >= 4 is 45.2 Å². The molecule has 1 aliphatic rings. The Morgan fingerprint density at radius 2 is 1.86 bits per heavy atom. The minimum atomic E-state index is -0.172. The van der Waals surface area contributed by atoms with Gasteiger partial charge in [-0.15, -0.1) is 11.8 Å². The highest BCUT2D eigenvalue weighted by Gasteiger charge is 2.22. The molecule has 148 valence electrons. The molecule has 2 amide bonds. The van der Waals surface area contributed by atoms with Crippen molar-refractivity contribution in [2.24, 2.45) is 0 Å². The number of carbonyl (C=O) groups excluding carboxylic acids is 2. The fraction of sp³-hybridized carbons (Fsp3) is 0.364. The van der Waals surface area contributed by atoms with E-state index in [1.807, 2.05) is 54.4 Å². The SMILES string of the molecule is CN(C(=O)CSc1ccccc1C(=O)Nc1cccc(Br)c1)C1CCCCC1. The number of hydrogen-bond acceptors (Lipinski definition) is 3. The van der Waals surface area contributed by atoms with Gasteiger partial charge in [-0.3, -0.25) is 9.59 Å². The van der Waals surface area contributed by atoms with Crippen LogP contribution in [0.3, 0.4) is 0 Å². The highest BCUT2D eigenvalue weighted by atomic mass is 79.9. The van der Waals surface area contributed by atoms with E-state index in [9.17, 15) is 9.59 Å². The van der Waals surface area contributed by atoms with E-state index in [-0.39, 0.29) is 11.8 Å². The van der Waals surface area contributed by atoms with Crippen molar-refractivity contribution < 1.29 is 9.59 Å². The molecule has 0 saturated heterocycles. The zero-order chi connectivity index (χ0) is 19.9. The van der Waals surface area contributed by atoms with Crippen LogP contribution in [0.5, 0.6) is 0 Å². The number of benzene rings is 2. The highest BCUT2D eigenvalue weighted by molar-refractivity contribution is 9.10. The molecule has 2 aromatic carbocycles. The molecule has 0 aliphatic heterocycles. The average Bonchev–Trinajstić information content (AvgIpc) is 2.72. The van der Waals surface area contributed by atoms with Crippen molar-refractivity contribution in [1.82, 2.24) is 4.90 Å². The monoisotopic (exact) mass is 460 g/mol. The third-order valence-corrected chi connectivity index (χ3v) is 6.63. The van der Waals surface area contributed by atoms with E-state index in [2.05, 4.69) is 21.2 Å². The number of nitrogens with zero attached hydrogens (tertiary/aromatic N) is 1. The summed E-state index contributed by atoms with van der Waals surface area (Å²) in [6, 6.07) is 15.3. The van der Waals surface area contributed by atoms with Gasteiger partial charge in [0.1, 0.15) is 0 Å². The predicted octanol–water partition coefficient (Wildman–Crippen LogP) is 5.58. The molecule has 0 aromatic heterocycles. The van der Waals surface area contributed by atoms with E-state index in [1.165, 1.54) is 31.0 Å². The van der Waals surface area contributed by atoms with Gasteiger partial charge < -0.3 is 10.2 Å². The van der Waals surface area contributed by atoms with E-state index < -0.39 is 0 Å². The van der Waals surface area contributed by atoms with Gasteiger partial charge in [0.2, 0.25) is 5.91 Å². The standard InChI is InChI=1S/C22H25BrN2O2S/c1-25(18-10-3-2-4-11-18)21(26)15-28-20-13-6-5-12-19(20)22(27)24-17-9-7-8-16(23)14-17/h5-9,12-14,18H,2-4,10-11,15H2,1H3,(H,24,27). The van der Waals surface area contributed by atoms with Crippen LogP contribution in [0.2, 0.25) is 0 Å². The van der Waals surface area contributed by atoms with Gasteiger partial charge in [-0.25, -0.2) is 0 Å². The van der Waals surface area contributed by atoms with Crippen LogP contribution in [0.1, 0.15) is 42.5 Å². The Balaban J connectivity index is 1.63. The lowest BCUT2D eigenvalue weighted by atomic mass is 9.94. The number of rotatable bonds is 6. The Morgan fingerprint density at radius 3 is 2.61 bits per heavy atom. The van der Waals surface area contributed by atoms with Gasteiger partial charge >= 0.3 is 0 Å². The minimum Gasteiger partial charge on any atom is -0.342 e. The van der Waals surface area contributed by atoms with Crippen molar-refractivity contribution in [3.8, 4) is 0 Å². The summed E-state index contributed by atoms with van der Waals surface area (Å²) in [7, 11) is 1.91. The molecule has 0 bridgehead atoms. The summed E-state index contributed by atoms with van der Waals surface area (Å²) in [5.41, 5.74) is 1.31. The maximum Gasteiger partial charge on any atom is 0.256 e. The third kappa shape index (κ3) is 5.61. The van der Waals surface area contributed by atoms with Gasteiger partial charge in [0, 0.05) is 28.1 Å². The first kappa shape index (κ1) is 20.9. The summed E-state index contributed by atoms with van der Waals surface area (Å²) in [6.07, 6.45) is 5.87. The first-order chi connectivity index (χ1) is 13.5. The lowest BCUT2D eigenvalue weighted by molar-refractivity contribution is -0.129. The number of thioether (sulfide) groups is 1. The van der Waals surface area contributed by atoms with Gasteiger partial charge in [0.25, 0.3) is 5.91 Å². The van der Waals surface area contributed by atoms with Crippen molar-refractivity contribution in [3.05, 3.63) is 58.6 Å². The van der Waals surface area contributed by atoms with Crippen LogP contribution in [0.25, 0.3) is 0 Å². The molecule has 0 spiro atoms. The van der Waals surface area contributed by atoms with Gasteiger partial charge in [-0.05, 0) is 43.2 Å². The molecular formula is C22H25BrN2O2S. The largest absolute Gasteiger partial charge is 0.342 e. The first-order valence-corrected chi connectivity index (χ1v) is 11.4. The summed E-state index contributed by atoms with van der Waals surface area (Å²) in [4.78, 5) is 28.1. The Morgan fingerprint density at radius 1 is 1.11 bits per heavy atom. The number of nitrogens with one attached hydrogen (secondary N) is 1. The number of carbonyl (C=O) groups is 2. The lowest BCUT2D eigenvalue weighted by Crippen LogP contribution is -2.39. The van der Waals surface area contributed by atoms with Gasteiger partial charge in [-0.1, -0.05) is 53.4 Å². The summed E-state index contributed by atoms with van der Waals surface area (Å²) in [5, 5.41) is 2.92. The fourth-order valence-corrected chi connectivity index (χ4v) is 4.83. The molecule has 0 unspecified atom stereocenters. The van der Waals surface area contributed by atoms with Crippen LogP contribution < -0.4 is 5.32 Å². The van der Waals surface area contributed by atoms with E-state index in [4.69, 9.17) is 0 Å². The average molecular weight is 461 g/mol. The molecule has 1 saturated carbocycles. The molecule has 1 aliphatic carbocycles. The maximum atomic E-state index is 12.7. The Hall–Kier alpha value is -1.79. The second-order valence-electron chi connectivity index (χ2n) is 7.05.